The summed E-state index contributed by atoms with van der Waals surface area (Å²) in [6, 6.07) is 20.2. The van der Waals surface area contributed by atoms with Gasteiger partial charge in [0.25, 0.3) is 5.91 Å². The fourth-order valence-corrected chi connectivity index (χ4v) is 3.20. The molecule has 0 bridgehead atoms. The van der Waals surface area contributed by atoms with Gasteiger partial charge in [0.1, 0.15) is 11.9 Å². The molecule has 0 fully saturated rings. The number of benzene rings is 3. The molecule has 0 saturated carbocycles. The summed E-state index contributed by atoms with van der Waals surface area (Å²) in [6.07, 6.45) is 0. The highest BCUT2D eigenvalue weighted by Crippen LogP contribution is 2.27. The predicted octanol–water partition coefficient (Wildman–Crippen LogP) is 4.35. The van der Waals surface area contributed by atoms with Gasteiger partial charge in [-0.05, 0) is 35.9 Å². The van der Waals surface area contributed by atoms with Gasteiger partial charge >= 0.3 is 0 Å². The van der Waals surface area contributed by atoms with Crippen molar-refractivity contribution in [3.8, 4) is 0 Å². The Morgan fingerprint density at radius 3 is 2.18 bits per heavy atom. The third kappa shape index (κ3) is 4.38. The lowest BCUT2D eigenvalue weighted by molar-refractivity contribution is -0.122. The van der Waals surface area contributed by atoms with Gasteiger partial charge in [-0.2, -0.15) is 0 Å². The summed E-state index contributed by atoms with van der Waals surface area (Å²) in [7, 11) is 0. The Hall–Kier alpha value is -3.18. The first-order valence-electron chi connectivity index (χ1n) is 8.61. The van der Waals surface area contributed by atoms with Crippen molar-refractivity contribution in [1.82, 2.24) is 4.90 Å². The number of hydrogen-bond acceptors (Lipinski definition) is 2. The van der Waals surface area contributed by atoms with E-state index in [0.29, 0.717) is 16.1 Å². The van der Waals surface area contributed by atoms with Crippen molar-refractivity contribution in [2.75, 3.05) is 0 Å². The fourth-order valence-electron chi connectivity index (χ4n) is 3.01. The lowest BCUT2D eigenvalue weighted by atomic mass is 10.0. The minimum Gasteiger partial charge on any atom is -0.368 e. The van der Waals surface area contributed by atoms with Crippen LogP contribution in [0.4, 0.5) is 4.39 Å². The molecule has 3 rings (SSSR count). The van der Waals surface area contributed by atoms with Gasteiger partial charge in [-0.15, -0.1) is 0 Å². The van der Waals surface area contributed by atoms with Crippen LogP contribution in [-0.4, -0.2) is 16.7 Å². The number of rotatable bonds is 6. The normalized spacial score (nSPS) is 11.6. The summed E-state index contributed by atoms with van der Waals surface area (Å²) in [4.78, 5) is 26.8. The number of primary amides is 1. The molecule has 3 aromatic rings. The van der Waals surface area contributed by atoms with E-state index in [2.05, 4.69) is 0 Å². The van der Waals surface area contributed by atoms with Crippen LogP contribution < -0.4 is 5.73 Å². The molecule has 142 valence electrons. The number of amides is 2. The van der Waals surface area contributed by atoms with Gasteiger partial charge in [0.05, 0.1) is 6.54 Å². The number of carbonyl (C=O) groups excluding carboxylic acids is 2. The Morgan fingerprint density at radius 1 is 0.964 bits per heavy atom. The van der Waals surface area contributed by atoms with Crippen LogP contribution in [-0.2, 0) is 11.3 Å². The molecule has 0 heterocycles. The van der Waals surface area contributed by atoms with Crippen molar-refractivity contribution in [3.05, 3.63) is 106 Å². The zero-order valence-electron chi connectivity index (χ0n) is 14.9. The maximum atomic E-state index is 14.4. The van der Waals surface area contributed by atoms with E-state index in [1.807, 2.05) is 0 Å². The third-order valence-corrected chi connectivity index (χ3v) is 4.56. The van der Waals surface area contributed by atoms with Crippen molar-refractivity contribution in [1.29, 1.82) is 0 Å². The lowest BCUT2D eigenvalue weighted by Gasteiger charge is -2.30. The summed E-state index contributed by atoms with van der Waals surface area (Å²) >= 11 is 5.99. The SMILES string of the molecule is NC(=O)[C@@H](c1ccccc1)N(Cc1cc(Cl)ccc1F)C(=O)c1ccccc1. The topological polar surface area (TPSA) is 63.4 Å². The average Bonchev–Trinajstić information content (AvgIpc) is 2.71. The first kappa shape index (κ1) is 19.6. The molecule has 0 saturated heterocycles. The quantitative estimate of drug-likeness (QED) is 0.673. The molecule has 0 aliphatic carbocycles. The average molecular weight is 397 g/mol. The summed E-state index contributed by atoms with van der Waals surface area (Å²) < 4.78 is 14.4. The molecule has 6 heteroatoms. The van der Waals surface area contributed by atoms with Gasteiger partial charge in [0, 0.05) is 16.1 Å². The molecule has 0 aliphatic heterocycles. The Kier molecular flexibility index (Phi) is 6.06. The Labute approximate surface area is 167 Å². The van der Waals surface area contributed by atoms with Gasteiger partial charge in [0.15, 0.2) is 0 Å². The van der Waals surface area contributed by atoms with Crippen LogP contribution in [0.15, 0.2) is 78.9 Å². The summed E-state index contributed by atoms with van der Waals surface area (Å²) in [6.45, 7) is -0.164. The standard InChI is InChI=1S/C22H18ClFN2O2/c23-18-11-12-19(24)17(13-18)14-26(22(28)16-9-5-2-6-10-16)20(21(25)27)15-7-3-1-4-8-15/h1-13,20H,14H2,(H2,25,27)/t20-/m1/s1. The monoisotopic (exact) mass is 396 g/mol. The lowest BCUT2D eigenvalue weighted by Crippen LogP contribution is -2.41. The van der Waals surface area contributed by atoms with Gasteiger partial charge in [-0.1, -0.05) is 60.1 Å². The van der Waals surface area contributed by atoms with E-state index in [4.69, 9.17) is 17.3 Å². The molecule has 0 aliphatic rings. The van der Waals surface area contributed by atoms with Crippen LogP contribution in [0, 0.1) is 5.82 Å². The van der Waals surface area contributed by atoms with Crippen molar-refractivity contribution in [3.63, 3.8) is 0 Å². The molecular weight excluding hydrogens is 379 g/mol. The molecule has 1 atom stereocenters. The highest BCUT2D eigenvalue weighted by Gasteiger charge is 2.31. The summed E-state index contributed by atoms with van der Waals surface area (Å²) in [5.74, 6) is -1.67. The van der Waals surface area contributed by atoms with Gasteiger partial charge in [-0.25, -0.2) is 4.39 Å². The largest absolute Gasteiger partial charge is 0.368 e. The first-order valence-corrected chi connectivity index (χ1v) is 8.99. The molecule has 2 N–H and O–H groups in total. The molecule has 0 unspecified atom stereocenters. The van der Waals surface area contributed by atoms with Crippen molar-refractivity contribution < 1.29 is 14.0 Å². The van der Waals surface area contributed by atoms with Gasteiger partial charge in [0.2, 0.25) is 5.91 Å². The second kappa shape index (κ2) is 8.67. The van der Waals surface area contributed by atoms with E-state index in [1.54, 1.807) is 60.7 Å². The molecule has 28 heavy (non-hydrogen) atoms. The van der Waals surface area contributed by atoms with E-state index >= 15 is 0 Å². The van der Waals surface area contributed by atoms with Crippen LogP contribution in [0.1, 0.15) is 27.5 Å². The van der Waals surface area contributed by atoms with E-state index < -0.39 is 23.7 Å². The number of carbonyl (C=O) groups is 2. The Morgan fingerprint density at radius 2 is 1.57 bits per heavy atom. The Bertz CT molecular complexity index is 980. The molecule has 0 aromatic heterocycles. The second-order valence-corrected chi connectivity index (χ2v) is 6.69. The van der Waals surface area contributed by atoms with Crippen molar-refractivity contribution in [2.24, 2.45) is 5.73 Å². The maximum absolute atomic E-state index is 14.4. The predicted molar refractivity (Wildman–Crippen MR) is 106 cm³/mol. The number of hydrogen-bond donors (Lipinski definition) is 1. The van der Waals surface area contributed by atoms with E-state index in [1.165, 1.54) is 23.1 Å². The van der Waals surface area contributed by atoms with Gasteiger partial charge in [-0.3, -0.25) is 9.59 Å². The van der Waals surface area contributed by atoms with Crippen molar-refractivity contribution in [2.45, 2.75) is 12.6 Å². The molecule has 3 aromatic carbocycles. The van der Waals surface area contributed by atoms with Crippen LogP contribution in [0.2, 0.25) is 5.02 Å². The molecule has 2 amide bonds. The van der Waals surface area contributed by atoms with Crippen LogP contribution in [0.3, 0.4) is 0 Å². The van der Waals surface area contributed by atoms with Crippen LogP contribution in [0.5, 0.6) is 0 Å². The van der Waals surface area contributed by atoms with E-state index in [0.717, 1.165) is 0 Å². The minimum absolute atomic E-state index is 0.164. The third-order valence-electron chi connectivity index (χ3n) is 4.33. The first-order chi connectivity index (χ1) is 13.5. The summed E-state index contributed by atoms with van der Waals surface area (Å²) in [5, 5.41) is 0.332. The van der Waals surface area contributed by atoms with Crippen LogP contribution in [0.25, 0.3) is 0 Å². The Balaban J connectivity index is 2.08. The maximum Gasteiger partial charge on any atom is 0.255 e. The zero-order chi connectivity index (χ0) is 20.1. The smallest absolute Gasteiger partial charge is 0.255 e. The van der Waals surface area contributed by atoms with E-state index in [9.17, 15) is 14.0 Å². The van der Waals surface area contributed by atoms with E-state index in [-0.39, 0.29) is 12.1 Å². The number of halogens is 2. The molecule has 4 nitrogen and oxygen atoms in total. The molecule has 0 radical (unpaired) electrons. The second-order valence-electron chi connectivity index (χ2n) is 6.25. The number of nitrogens with zero attached hydrogens (tertiary/aromatic N) is 1. The van der Waals surface area contributed by atoms with Crippen molar-refractivity contribution >= 4 is 23.4 Å². The van der Waals surface area contributed by atoms with Crippen LogP contribution >= 0.6 is 11.6 Å². The van der Waals surface area contributed by atoms with Gasteiger partial charge < -0.3 is 10.6 Å². The zero-order valence-corrected chi connectivity index (χ0v) is 15.6. The summed E-state index contributed by atoms with van der Waals surface area (Å²) in [5.41, 5.74) is 6.76. The fraction of sp³-hybridized carbons (Fsp3) is 0.0909. The molecular formula is C22H18ClFN2O2. The minimum atomic E-state index is -1.06. The highest BCUT2D eigenvalue weighted by molar-refractivity contribution is 6.30. The number of nitrogens with two attached hydrogens (primary N) is 1. The molecule has 0 spiro atoms. The highest BCUT2D eigenvalue weighted by atomic mass is 35.5.